The summed E-state index contributed by atoms with van der Waals surface area (Å²) in [5.41, 5.74) is 0.902. The van der Waals surface area contributed by atoms with Gasteiger partial charge in [-0.3, -0.25) is 4.79 Å². The molecule has 1 aromatic rings. The number of hydrogen-bond donors (Lipinski definition) is 1. The van der Waals surface area contributed by atoms with Crippen molar-refractivity contribution in [2.45, 2.75) is 31.6 Å². The van der Waals surface area contributed by atoms with E-state index in [0.29, 0.717) is 35.7 Å². The lowest BCUT2D eigenvalue weighted by atomic mass is 9.74. The van der Waals surface area contributed by atoms with Crippen LogP contribution >= 0.6 is 23.2 Å². The van der Waals surface area contributed by atoms with E-state index in [1.807, 2.05) is 12.1 Å². The number of hydrogen-bond acceptors (Lipinski definition) is 2. The number of amides is 1. The van der Waals surface area contributed by atoms with E-state index in [4.69, 9.17) is 27.9 Å². The summed E-state index contributed by atoms with van der Waals surface area (Å²) < 4.78 is 5.51. The minimum Gasteiger partial charge on any atom is -0.381 e. The van der Waals surface area contributed by atoms with Crippen molar-refractivity contribution in [3.05, 3.63) is 33.8 Å². The van der Waals surface area contributed by atoms with Gasteiger partial charge in [0.25, 0.3) is 0 Å². The van der Waals surface area contributed by atoms with Gasteiger partial charge in [0.15, 0.2) is 0 Å². The molecule has 120 valence electrons. The molecular weight excluding hydrogens is 321 g/mol. The van der Waals surface area contributed by atoms with Crippen LogP contribution in [0.15, 0.2) is 18.2 Å². The molecule has 1 saturated heterocycles. The van der Waals surface area contributed by atoms with Gasteiger partial charge in [-0.2, -0.15) is 0 Å². The minimum atomic E-state index is -0.159. The number of nitrogens with one attached hydrogen (secondary N) is 1. The molecule has 1 heterocycles. The fourth-order valence-electron chi connectivity index (χ4n) is 3.30. The van der Waals surface area contributed by atoms with Crippen molar-refractivity contribution < 1.29 is 9.53 Å². The molecule has 1 aliphatic carbocycles. The van der Waals surface area contributed by atoms with Crippen LogP contribution in [0.1, 0.15) is 31.7 Å². The van der Waals surface area contributed by atoms with Crippen LogP contribution in [0.3, 0.4) is 0 Å². The monoisotopic (exact) mass is 341 g/mol. The zero-order chi connectivity index (χ0) is 15.7. The highest BCUT2D eigenvalue weighted by atomic mass is 35.5. The minimum absolute atomic E-state index is 0.159. The summed E-state index contributed by atoms with van der Waals surface area (Å²) in [5.74, 6) is 0.880. The molecule has 5 heteroatoms. The van der Waals surface area contributed by atoms with Gasteiger partial charge in [0.05, 0.1) is 0 Å². The first-order chi connectivity index (χ1) is 10.5. The van der Waals surface area contributed by atoms with Crippen molar-refractivity contribution in [3.63, 3.8) is 0 Å². The van der Waals surface area contributed by atoms with Gasteiger partial charge >= 0.3 is 0 Å². The summed E-state index contributed by atoms with van der Waals surface area (Å²) >= 11 is 12.4. The second kappa shape index (κ2) is 6.38. The first kappa shape index (κ1) is 16.1. The maximum atomic E-state index is 12.2. The Labute approximate surface area is 141 Å². The molecule has 2 atom stereocenters. The molecule has 1 amide bonds. The quantitative estimate of drug-likeness (QED) is 0.904. The van der Waals surface area contributed by atoms with E-state index in [1.54, 1.807) is 6.07 Å². The van der Waals surface area contributed by atoms with Gasteiger partial charge in [-0.1, -0.05) is 36.2 Å². The molecule has 2 fully saturated rings. The van der Waals surface area contributed by atoms with E-state index in [9.17, 15) is 4.79 Å². The maximum absolute atomic E-state index is 12.2. The molecule has 3 nitrogen and oxygen atoms in total. The molecular formula is C17H21Cl2NO2. The van der Waals surface area contributed by atoms with Crippen LogP contribution < -0.4 is 5.32 Å². The zero-order valence-corrected chi connectivity index (χ0v) is 14.2. The average Bonchev–Trinajstić information content (AvgIpc) is 3.23. The van der Waals surface area contributed by atoms with Crippen molar-refractivity contribution in [2.24, 2.45) is 11.8 Å². The van der Waals surface area contributed by atoms with Gasteiger partial charge in [-0.25, -0.2) is 0 Å². The van der Waals surface area contributed by atoms with E-state index < -0.39 is 0 Å². The lowest BCUT2D eigenvalue weighted by molar-refractivity contribution is -0.123. The maximum Gasteiger partial charge on any atom is 0.223 e. The van der Waals surface area contributed by atoms with Crippen molar-refractivity contribution in [3.8, 4) is 0 Å². The topological polar surface area (TPSA) is 38.3 Å². The third kappa shape index (κ3) is 3.27. The molecule has 22 heavy (non-hydrogen) atoms. The first-order valence-electron chi connectivity index (χ1n) is 7.83. The molecule has 0 aromatic heterocycles. The number of carbonyl (C=O) groups excluding carboxylic acids is 1. The molecule has 2 aliphatic rings. The van der Waals surface area contributed by atoms with Crippen LogP contribution in [-0.4, -0.2) is 25.7 Å². The van der Waals surface area contributed by atoms with Gasteiger partial charge in [-0.05, 0) is 42.9 Å². The molecule has 1 aromatic carbocycles. The molecule has 0 radical (unpaired) electrons. The lowest BCUT2D eigenvalue weighted by Crippen LogP contribution is -2.45. The zero-order valence-electron chi connectivity index (χ0n) is 12.7. The standard InChI is InChI=1S/C17H21Cl2NO2/c1-11-8-13(11)16(21)20-10-17(4-6-22-7-5-17)14-3-2-12(18)9-15(14)19/h2-3,9,11,13H,4-8,10H2,1H3,(H,20,21)/t11-,13+/m0/s1. The van der Waals surface area contributed by atoms with Crippen LogP contribution in [0.2, 0.25) is 10.0 Å². The molecule has 1 saturated carbocycles. The highest BCUT2D eigenvalue weighted by Gasteiger charge is 2.41. The Morgan fingerprint density at radius 3 is 2.64 bits per heavy atom. The van der Waals surface area contributed by atoms with Crippen molar-refractivity contribution in [1.82, 2.24) is 5.32 Å². The highest BCUT2D eigenvalue weighted by molar-refractivity contribution is 6.35. The second-order valence-electron chi connectivity index (χ2n) is 6.55. The van der Waals surface area contributed by atoms with Crippen LogP contribution in [-0.2, 0) is 14.9 Å². The van der Waals surface area contributed by atoms with Gasteiger partial charge in [0.2, 0.25) is 5.91 Å². The van der Waals surface area contributed by atoms with Crippen molar-refractivity contribution in [1.29, 1.82) is 0 Å². The normalized spacial score (nSPS) is 26.5. The Hall–Kier alpha value is -0.770. The Balaban J connectivity index is 1.79. The van der Waals surface area contributed by atoms with Crippen LogP contribution in [0.25, 0.3) is 0 Å². The predicted octanol–water partition coefficient (Wildman–Crippen LogP) is 3.81. The van der Waals surface area contributed by atoms with E-state index in [-0.39, 0.29) is 17.2 Å². The number of ether oxygens (including phenoxy) is 1. The van der Waals surface area contributed by atoms with E-state index >= 15 is 0 Å². The number of halogens is 2. The van der Waals surface area contributed by atoms with E-state index in [0.717, 1.165) is 24.8 Å². The molecule has 1 aliphatic heterocycles. The van der Waals surface area contributed by atoms with Crippen LogP contribution in [0, 0.1) is 11.8 Å². The second-order valence-corrected chi connectivity index (χ2v) is 7.40. The number of carbonyl (C=O) groups is 1. The van der Waals surface area contributed by atoms with Gasteiger partial charge < -0.3 is 10.1 Å². The summed E-state index contributed by atoms with van der Waals surface area (Å²) in [6, 6.07) is 5.63. The number of rotatable bonds is 4. The van der Waals surface area contributed by atoms with Gasteiger partial charge in [0.1, 0.15) is 0 Å². The predicted molar refractivity (Wildman–Crippen MR) is 88.5 cm³/mol. The van der Waals surface area contributed by atoms with Crippen LogP contribution in [0.4, 0.5) is 0 Å². The van der Waals surface area contributed by atoms with E-state index in [2.05, 4.69) is 12.2 Å². The molecule has 1 N–H and O–H groups in total. The summed E-state index contributed by atoms with van der Waals surface area (Å²) in [6.07, 6.45) is 2.72. The largest absolute Gasteiger partial charge is 0.381 e. The third-order valence-electron chi connectivity index (χ3n) is 5.00. The van der Waals surface area contributed by atoms with Gasteiger partial charge in [0, 0.05) is 41.1 Å². The molecule has 0 spiro atoms. The SMILES string of the molecule is C[C@H]1C[C@H]1C(=O)NCC1(c2ccc(Cl)cc2Cl)CCOCC1. The third-order valence-corrected chi connectivity index (χ3v) is 5.55. The van der Waals surface area contributed by atoms with Crippen molar-refractivity contribution >= 4 is 29.1 Å². The lowest BCUT2D eigenvalue weighted by Gasteiger charge is -2.38. The van der Waals surface area contributed by atoms with Crippen molar-refractivity contribution in [2.75, 3.05) is 19.8 Å². The average molecular weight is 342 g/mol. The fourth-order valence-corrected chi connectivity index (χ4v) is 3.91. The first-order valence-corrected chi connectivity index (χ1v) is 8.58. The highest BCUT2D eigenvalue weighted by Crippen LogP contribution is 2.41. The smallest absolute Gasteiger partial charge is 0.223 e. The molecule has 0 bridgehead atoms. The summed E-state index contributed by atoms with van der Waals surface area (Å²) in [6.45, 7) is 4.10. The molecule has 3 rings (SSSR count). The fraction of sp³-hybridized carbons (Fsp3) is 0.588. The molecule has 0 unspecified atom stereocenters. The number of benzene rings is 1. The summed E-state index contributed by atoms with van der Waals surface area (Å²) in [7, 11) is 0. The Bertz CT molecular complexity index is 570. The Morgan fingerprint density at radius 2 is 2.05 bits per heavy atom. The van der Waals surface area contributed by atoms with Gasteiger partial charge in [-0.15, -0.1) is 0 Å². The summed E-state index contributed by atoms with van der Waals surface area (Å²) in [4.78, 5) is 12.2. The van der Waals surface area contributed by atoms with E-state index in [1.165, 1.54) is 0 Å². The summed E-state index contributed by atoms with van der Waals surface area (Å²) in [5, 5.41) is 4.44. The Kier molecular flexibility index (Phi) is 4.67. The Morgan fingerprint density at radius 1 is 1.36 bits per heavy atom. The van der Waals surface area contributed by atoms with Crippen LogP contribution in [0.5, 0.6) is 0 Å².